The molecular weight excluding hydrogens is 657 g/mol. The van der Waals surface area contributed by atoms with Crippen LogP contribution in [0.3, 0.4) is 0 Å². The number of aromatic nitrogens is 4. The van der Waals surface area contributed by atoms with Gasteiger partial charge in [0, 0.05) is 33.2 Å². The van der Waals surface area contributed by atoms with E-state index in [4.69, 9.17) is 19.9 Å². The van der Waals surface area contributed by atoms with Crippen molar-refractivity contribution < 1.29 is 0 Å². The maximum atomic E-state index is 5.23. The molecule has 10 rings (SSSR count). The van der Waals surface area contributed by atoms with E-state index in [1.165, 1.54) is 16.3 Å². The van der Waals surface area contributed by atoms with Gasteiger partial charge in [0.2, 0.25) is 0 Å². The molecule has 0 spiro atoms. The lowest BCUT2D eigenvalue weighted by molar-refractivity contribution is 1.18. The van der Waals surface area contributed by atoms with E-state index in [0.717, 1.165) is 72.1 Å². The maximum Gasteiger partial charge on any atom is 0.160 e. The summed E-state index contributed by atoms with van der Waals surface area (Å²) < 4.78 is 0. The highest BCUT2D eigenvalue weighted by atomic mass is 14.9. The summed E-state index contributed by atoms with van der Waals surface area (Å²) in [6, 6.07) is 67.5. The summed E-state index contributed by atoms with van der Waals surface area (Å²) in [5, 5.41) is 5.68. The number of para-hydroxylation sites is 1. The second-order valence-electron chi connectivity index (χ2n) is 13.5. The van der Waals surface area contributed by atoms with Crippen LogP contribution >= 0.6 is 0 Å². The Hall–Kier alpha value is -7.30. The second kappa shape index (κ2) is 13.4. The van der Waals surface area contributed by atoms with Crippen molar-refractivity contribution in [2.45, 2.75) is 0 Å². The second-order valence-corrected chi connectivity index (χ2v) is 13.5. The maximum absolute atomic E-state index is 5.23. The predicted molar refractivity (Wildman–Crippen MR) is 223 cm³/mol. The van der Waals surface area contributed by atoms with E-state index in [9.17, 15) is 0 Å². The molecule has 0 unspecified atom stereocenters. The summed E-state index contributed by atoms with van der Waals surface area (Å²) in [6.07, 6.45) is 0. The molecule has 2 heterocycles. The topological polar surface area (TPSA) is 51.6 Å². The summed E-state index contributed by atoms with van der Waals surface area (Å²) >= 11 is 0. The molecule has 0 bridgehead atoms. The van der Waals surface area contributed by atoms with Crippen LogP contribution in [-0.4, -0.2) is 19.9 Å². The zero-order valence-electron chi connectivity index (χ0n) is 29.3. The van der Waals surface area contributed by atoms with Gasteiger partial charge in [0.25, 0.3) is 0 Å². The Morgan fingerprint density at radius 3 is 1.52 bits per heavy atom. The Bertz CT molecular complexity index is 2920. The minimum atomic E-state index is 0.707. The number of hydrogen-bond donors (Lipinski definition) is 0. The van der Waals surface area contributed by atoms with Crippen molar-refractivity contribution in [1.82, 2.24) is 19.9 Å². The molecule has 252 valence electrons. The predicted octanol–water partition coefficient (Wildman–Crippen LogP) is 12.7. The van der Waals surface area contributed by atoms with Gasteiger partial charge < -0.3 is 0 Å². The SMILES string of the molecule is c1ccc(-c2cccc(-c3nc(-c4ccc5c(ccc6cc(-c7cc(-c8ccccc8)nc(-c8ccccc8)n7)ccc65)c4)nc4ccccc34)c2)cc1. The highest BCUT2D eigenvalue weighted by Crippen LogP contribution is 2.35. The van der Waals surface area contributed by atoms with Gasteiger partial charge in [-0.2, -0.15) is 0 Å². The number of hydrogen-bond acceptors (Lipinski definition) is 4. The lowest BCUT2D eigenvalue weighted by Crippen LogP contribution is -1.96. The van der Waals surface area contributed by atoms with Crippen molar-refractivity contribution in [2.75, 3.05) is 0 Å². The van der Waals surface area contributed by atoms with Crippen LogP contribution in [0.1, 0.15) is 0 Å². The van der Waals surface area contributed by atoms with Gasteiger partial charge in [-0.3, -0.25) is 0 Å². The average Bonchev–Trinajstić information content (AvgIpc) is 3.26. The van der Waals surface area contributed by atoms with Crippen molar-refractivity contribution in [3.05, 3.63) is 194 Å². The van der Waals surface area contributed by atoms with E-state index in [0.29, 0.717) is 11.6 Å². The first-order valence-electron chi connectivity index (χ1n) is 18.1. The van der Waals surface area contributed by atoms with E-state index in [-0.39, 0.29) is 0 Å². The standard InChI is InChI=1S/C50H32N4/c1-4-13-33(14-5-1)36-19-12-20-40(29-36)48-44-21-10-11-22-45(44)51-50(54-48)41-26-28-43-38(31-41)24-23-37-30-39(25-27-42(37)43)47-32-46(34-15-6-2-7-16-34)52-49(53-47)35-17-8-3-9-18-35/h1-32H. The highest BCUT2D eigenvalue weighted by Gasteiger charge is 2.15. The Kier molecular flexibility index (Phi) is 7.77. The average molecular weight is 689 g/mol. The Labute approximate surface area is 313 Å². The first-order valence-corrected chi connectivity index (χ1v) is 18.1. The lowest BCUT2D eigenvalue weighted by atomic mass is 9.97. The van der Waals surface area contributed by atoms with Crippen LogP contribution in [0.15, 0.2) is 194 Å². The quantitative estimate of drug-likeness (QED) is 0.163. The van der Waals surface area contributed by atoms with Crippen LogP contribution in [0.5, 0.6) is 0 Å². The molecule has 0 fully saturated rings. The lowest BCUT2D eigenvalue weighted by Gasteiger charge is -2.12. The van der Waals surface area contributed by atoms with E-state index < -0.39 is 0 Å². The van der Waals surface area contributed by atoms with Gasteiger partial charge in [0.05, 0.1) is 22.6 Å². The minimum Gasteiger partial charge on any atom is -0.228 e. The van der Waals surface area contributed by atoms with E-state index in [1.54, 1.807) is 0 Å². The normalized spacial score (nSPS) is 11.3. The molecule has 0 aliphatic carbocycles. The summed E-state index contributed by atoms with van der Waals surface area (Å²) in [5.74, 6) is 1.42. The van der Waals surface area contributed by atoms with Crippen LogP contribution in [0.2, 0.25) is 0 Å². The van der Waals surface area contributed by atoms with Crippen LogP contribution in [-0.2, 0) is 0 Å². The molecule has 0 aliphatic rings. The van der Waals surface area contributed by atoms with Gasteiger partial charge in [-0.15, -0.1) is 0 Å². The van der Waals surface area contributed by atoms with Crippen molar-refractivity contribution >= 4 is 32.4 Å². The fourth-order valence-corrected chi connectivity index (χ4v) is 7.34. The Balaban J connectivity index is 1.05. The molecule has 4 heteroatoms. The molecule has 54 heavy (non-hydrogen) atoms. The van der Waals surface area contributed by atoms with E-state index in [2.05, 4.69) is 146 Å². The fraction of sp³-hybridized carbons (Fsp3) is 0. The molecule has 10 aromatic rings. The van der Waals surface area contributed by atoms with Crippen LogP contribution in [0.4, 0.5) is 0 Å². The molecule has 0 amide bonds. The summed E-state index contributed by atoms with van der Waals surface area (Å²) in [7, 11) is 0. The van der Waals surface area contributed by atoms with Crippen LogP contribution in [0.25, 0.3) is 100 Å². The zero-order valence-corrected chi connectivity index (χ0v) is 29.3. The molecule has 0 saturated heterocycles. The molecule has 0 atom stereocenters. The van der Waals surface area contributed by atoms with Gasteiger partial charge in [-0.05, 0) is 63.0 Å². The third-order valence-electron chi connectivity index (χ3n) is 10.1. The van der Waals surface area contributed by atoms with Crippen molar-refractivity contribution in [3.8, 4) is 67.7 Å². The summed E-state index contributed by atoms with van der Waals surface area (Å²) in [4.78, 5) is 20.3. The molecule has 2 aromatic heterocycles. The third kappa shape index (κ3) is 5.86. The Morgan fingerprint density at radius 1 is 0.259 bits per heavy atom. The number of rotatable bonds is 6. The molecular formula is C50H32N4. The van der Waals surface area contributed by atoms with E-state index in [1.807, 2.05) is 48.5 Å². The molecule has 0 N–H and O–H groups in total. The van der Waals surface area contributed by atoms with Crippen molar-refractivity contribution in [2.24, 2.45) is 0 Å². The summed E-state index contributed by atoms with van der Waals surface area (Å²) in [6.45, 7) is 0. The number of benzene rings is 8. The molecule has 0 saturated carbocycles. The monoisotopic (exact) mass is 688 g/mol. The van der Waals surface area contributed by atoms with Crippen LogP contribution in [0, 0.1) is 0 Å². The first kappa shape index (κ1) is 31.4. The highest BCUT2D eigenvalue weighted by molar-refractivity contribution is 6.09. The third-order valence-corrected chi connectivity index (χ3v) is 10.1. The summed E-state index contributed by atoms with van der Waals surface area (Å²) in [5.41, 5.74) is 11.1. The van der Waals surface area contributed by atoms with Gasteiger partial charge in [-0.25, -0.2) is 19.9 Å². The smallest absolute Gasteiger partial charge is 0.160 e. The van der Waals surface area contributed by atoms with Gasteiger partial charge in [-0.1, -0.05) is 164 Å². The largest absolute Gasteiger partial charge is 0.228 e. The first-order chi connectivity index (χ1) is 26.7. The van der Waals surface area contributed by atoms with E-state index >= 15 is 0 Å². The van der Waals surface area contributed by atoms with Crippen molar-refractivity contribution in [1.29, 1.82) is 0 Å². The van der Waals surface area contributed by atoms with Crippen molar-refractivity contribution in [3.63, 3.8) is 0 Å². The minimum absolute atomic E-state index is 0.707. The molecule has 4 nitrogen and oxygen atoms in total. The zero-order chi connectivity index (χ0) is 35.8. The fourth-order valence-electron chi connectivity index (χ4n) is 7.34. The number of fused-ring (bicyclic) bond motifs is 4. The molecule has 0 radical (unpaired) electrons. The van der Waals surface area contributed by atoms with Gasteiger partial charge in [0.1, 0.15) is 0 Å². The van der Waals surface area contributed by atoms with Gasteiger partial charge in [0.15, 0.2) is 11.6 Å². The Morgan fingerprint density at radius 2 is 0.796 bits per heavy atom. The van der Waals surface area contributed by atoms with Crippen LogP contribution < -0.4 is 0 Å². The molecule has 0 aliphatic heterocycles. The number of nitrogens with zero attached hydrogens (tertiary/aromatic N) is 4. The van der Waals surface area contributed by atoms with Gasteiger partial charge >= 0.3 is 0 Å². The molecule has 8 aromatic carbocycles.